The topological polar surface area (TPSA) is 3.24 Å². The summed E-state index contributed by atoms with van der Waals surface area (Å²) in [7, 11) is 0. The number of rotatable bonds is 3. The summed E-state index contributed by atoms with van der Waals surface area (Å²) in [5.41, 5.74) is 1.38. The van der Waals surface area contributed by atoms with Crippen LogP contribution in [0.4, 0.5) is 0 Å². The van der Waals surface area contributed by atoms with E-state index in [1.54, 1.807) is 0 Å². The van der Waals surface area contributed by atoms with E-state index in [1.165, 1.54) is 38.0 Å². The maximum Gasteiger partial charge on any atom is 0.00156 e. The minimum absolute atomic E-state index is 0.751. The fraction of sp³-hybridized carbons (Fsp3) is 0.500. The van der Waals surface area contributed by atoms with Crippen molar-refractivity contribution in [3.63, 3.8) is 0 Å². The maximum atomic E-state index is 2.55. The molecule has 1 fully saturated rings. The summed E-state index contributed by atoms with van der Waals surface area (Å²) in [4.78, 5) is 2.55. The summed E-state index contributed by atoms with van der Waals surface area (Å²) in [5, 5.41) is 0. The van der Waals surface area contributed by atoms with Gasteiger partial charge in [-0.15, -0.1) is 0 Å². The highest BCUT2D eigenvalue weighted by molar-refractivity contribution is 5.23. The van der Waals surface area contributed by atoms with Gasteiger partial charge in [0.1, 0.15) is 0 Å². The molecule has 1 aliphatic rings. The molecule has 1 unspecified atom stereocenters. The second kappa shape index (κ2) is 5.32. The van der Waals surface area contributed by atoms with Crippen molar-refractivity contribution in [1.29, 1.82) is 0 Å². The van der Waals surface area contributed by atoms with Crippen LogP contribution in [0.25, 0.3) is 0 Å². The van der Waals surface area contributed by atoms with Crippen LogP contribution in [0.3, 0.4) is 0 Å². The standard InChI is InChI=1S/C14H20N/c1-2-15-10-6-9-14(12-15)11-13-7-4-3-5-8-13/h3-5,7-8,11,14H,2,6,9-10,12H2,1H3. The lowest BCUT2D eigenvalue weighted by atomic mass is 9.91. The van der Waals surface area contributed by atoms with Crippen molar-refractivity contribution in [2.75, 3.05) is 19.6 Å². The van der Waals surface area contributed by atoms with Crippen LogP contribution in [0.15, 0.2) is 30.3 Å². The minimum Gasteiger partial charge on any atom is -0.303 e. The lowest BCUT2D eigenvalue weighted by Gasteiger charge is -2.31. The Hall–Kier alpha value is -0.820. The summed E-state index contributed by atoms with van der Waals surface area (Å²) in [5.74, 6) is 0.751. The first kappa shape index (κ1) is 10.7. The van der Waals surface area contributed by atoms with E-state index in [-0.39, 0.29) is 0 Å². The van der Waals surface area contributed by atoms with Crippen LogP contribution in [0.1, 0.15) is 25.3 Å². The van der Waals surface area contributed by atoms with Gasteiger partial charge in [-0.1, -0.05) is 37.3 Å². The quantitative estimate of drug-likeness (QED) is 0.728. The highest BCUT2D eigenvalue weighted by Gasteiger charge is 2.18. The number of benzene rings is 1. The van der Waals surface area contributed by atoms with E-state index in [0.29, 0.717) is 0 Å². The summed E-state index contributed by atoms with van der Waals surface area (Å²) < 4.78 is 0. The van der Waals surface area contributed by atoms with Gasteiger partial charge in [-0.3, -0.25) is 0 Å². The highest BCUT2D eigenvalue weighted by Crippen LogP contribution is 2.21. The van der Waals surface area contributed by atoms with Crippen molar-refractivity contribution in [1.82, 2.24) is 4.90 Å². The SMILES string of the molecule is CCN1CCCC([CH]c2ccccc2)C1. The maximum absolute atomic E-state index is 2.55. The molecule has 1 aliphatic heterocycles. The second-order valence-corrected chi connectivity index (χ2v) is 4.37. The zero-order valence-corrected chi connectivity index (χ0v) is 9.52. The Balaban J connectivity index is 1.89. The van der Waals surface area contributed by atoms with E-state index in [9.17, 15) is 0 Å². The molecule has 1 nitrogen and oxygen atoms in total. The van der Waals surface area contributed by atoms with E-state index >= 15 is 0 Å². The smallest absolute Gasteiger partial charge is 0.00156 e. The second-order valence-electron chi connectivity index (χ2n) is 4.37. The lowest BCUT2D eigenvalue weighted by Crippen LogP contribution is -2.35. The van der Waals surface area contributed by atoms with E-state index in [4.69, 9.17) is 0 Å². The first-order valence-electron chi connectivity index (χ1n) is 6.00. The van der Waals surface area contributed by atoms with Crippen molar-refractivity contribution in [3.8, 4) is 0 Å². The van der Waals surface area contributed by atoms with Gasteiger partial charge in [-0.2, -0.15) is 0 Å². The molecule has 0 amide bonds. The Morgan fingerprint density at radius 3 is 2.87 bits per heavy atom. The molecular weight excluding hydrogens is 182 g/mol. The van der Waals surface area contributed by atoms with E-state index in [0.717, 1.165) is 5.92 Å². The fourth-order valence-corrected chi connectivity index (χ4v) is 2.35. The Morgan fingerprint density at radius 1 is 1.33 bits per heavy atom. The molecule has 1 atom stereocenters. The highest BCUT2D eigenvalue weighted by atomic mass is 15.1. The third-order valence-corrected chi connectivity index (χ3v) is 3.22. The van der Waals surface area contributed by atoms with Crippen LogP contribution in [0.5, 0.6) is 0 Å². The average molecular weight is 202 g/mol. The molecule has 0 spiro atoms. The molecule has 1 heteroatoms. The van der Waals surface area contributed by atoms with Crippen molar-refractivity contribution < 1.29 is 0 Å². The summed E-state index contributed by atoms with van der Waals surface area (Å²) in [6, 6.07) is 10.7. The molecule has 1 aromatic carbocycles. The van der Waals surface area contributed by atoms with Crippen LogP contribution in [0, 0.1) is 12.3 Å². The number of hydrogen-bond acceptors (Lipinski definition) is 1. The molecule has 15 heavy (non-hydrogen) atoms. The first-order chi connectivity index (χ1) is 7.38. The monoisotopic (exact) mass is 202 g/mol. The lowest BCUT2D eigenvalue weighted by molar-refractivity contribution is 0.200. The molecule has 0 N–H and O–H groups in total. The minimum atomic E-state index is 0.751. The van der Waals surface area contributed by atoms with E-state index in [2.05, 4.69) is 48.6 Å². The molecule has 0 bridgehead atoms. The van der Waals surface area contributed by atoms with Gasteiger partial charge in [0, 0.05) is 6.54 Å². The molecule has 1 radical (unpaired) electrons. The van der Waals surface area contributed by atoms with Crippen LogP contribution in [-0.2, 0) is 0 Å². The molecule has 1 aromatic rings. The summed E-state index contributed by atoms with van der Waals surface area (Å²) in [6.07, 6.45) is 5.13. The molecule has 0 aliphatic carbocycles. The van der Waals surface area contributed by atoms with Crippen molar-refractivity contribution >= 4 is 0 Å². The summed E-state index contributed by atoms with van der Waals surface area (Å²) >= 11 is 0. The zero-order chi connectivity index (χ0) is 10.5. The predicted octanol–water partition coefficient (Wildman–Crippen LogP) is 2.97. The zero-order valence-electron chi connectivity index (χ0n) is 9.52. The molecule has 1 saturated heterocycles. The molecule has 0 aromatic heterocycles. The van der Waals surface area contributed by atoms with Crippen LogP contribution < -0.4 is 0 Å². The normalized spacial score (nSPS) is 22.9. The molecular formula is C14H20N. The van der Waals surface area contributed by atoms with Crippen LogP contribution in [0.2, 0.25) is 0 Å². The third-order valence-electron chi connectivity index (χ3n) is 3.22. The van der Waals surface area contributed by atoms with Gasteiger partial charge in [0.05, 0.1) is 0 Å². The van der Waals surface area contributed by atoms with Gasteiger partial charge in [-0.05, 0) is 43.8 Å². The van der Waals surface area contributed by atoms with Crippen LogP contribution >= 0.6 is 0 Å². The van der Waals surface area contributed by atoms with Crippen LogP contribution in [-0.4, -0.2) is 24.5 Å². The van der Waals surface area contributed by atoms with E-state index < -0.39 is 0 Å². The van der Waals surface area contributed by atoms with Gasteiger partial charge in [0.2, 0.25) is 0 Å². The van der Waals surface area contributed by atoms with Crippen molar-refractivity contribution in [3.05, 3.63) is 42.3 Å². The molecule has 81 valence electrons. The number of likely N-dealkylation sites (tertiary alicyclic amines) is 1. The van der Waals surface area contributed by atoms with Crippen molar-refractivity contribution in [2.24, 2.45) is 5.92 Å². The Morgan fingerprint density at radius 2 is 2.13 bits per heavy atom. The van der Waals surface area contributed by atoms with Gasteiger partial charge in [0.25, 0.3) is 0 Å². The Kier molecular flexibility index (Phi) is 3.79. The Labute approximate surface area is 93.1 Å². The van der Waals surface area contributed by atoms with Gasteiger partial charge < -0.3 is 4.90 Å². The molecule has 0 saturated carbocycles. The molecule has 2 rings (SSSR count). The number of hydrogen-bond donors (Lipinski definition) is 0. The molecule has 1 heterocycles. The number of piperidine rings is 1. The average Bonchev–Trinajstić information content (AvgIpc) is 2.31. The number of nitrogens with zero attached hydrogens (tertiary/aromatic N) is 1. The first-order valence-corrected chi connectivity index (χ1v) is 6.00. The third kappa shape index (κ3) is 3.07. The predicted molar refractivity (Wildman–Crippen MR) is 64.7 cm³/mol. The fourth-order valence-electron chi connectivity index (χ4n) is 2.35. The largest absolute Gasteiger partial charge is 0.303 e. The van der Waals surface area contributed by atoms with Crippen molar-refractivity contribution in [2.45, 2.75) is 19.8 Å². The Bertz CT molecular complexity index is 281. The van der Waals surface area contributed by atoms with Gasteiger partial charge in [0.15, 0.2) is 0 Å². The van der Waals surface area contributed by atoms with Gasteiger partial charge >= 0.3 is 0 Å². The van der Waals surface area contributed by atoms with E-state index in [1.807, 2.05) is 0 Å². The van der Waals surface area contributed by atoms with Gasteiger partial charge in [-0.25, -0.2) is 0 Å². The summed E-state index contributed by atoms with van der Waals surface area (Å²) in [6.45, 7) is 5.98.